The number of amidine groups is 1. The zero-order valence-electron chi connectivity index (χ0n) is 15.7. The third-order valence-corrected chi connectivity index (χ3v) is 6.33. The van der Waals surface area contributed by atoms with Gasteiger partial charge in [0.25, 0.3) is 10.0 Å². The van der Waals surface area contributed by atoms with Crippen LogP contribution in [0.3, 0.4) is 0 Å². The zero-order valence-corrected chi connectivity index (χ0v) is 16.6. The average Bonchev–Trinajstić information content (AvgIpc) is 2.84. The highest BCUT2D eigenvalue weighted by Crippen LogP contribution is 2.31. The smallest absolute Gasteiger partial charge is 0.283 e. The first-order chi connectivity index (χ1) is 12.9. The highest BCUT2D eigenvalue weighted by atomic mass is 32.2. The molecule has 2 aromatic rings. The summed E-state index contributed by atoms with van der Waals surface area (Å²) in [7, 11) is -1.99. The first kappa shape index (κ1) is 19.6. The second kappa shape index (κ2) is 8.23. The molecule has 0 unspecified atom stereocenters. The number of aliphatic hydroxyl groups is 1. The molecule has 1 saturated heterocycles. The first-order valence-corrected chi connectivity index (χ1v) is 10.7. The number of nitrogens with zero attached hydrogens (tertiary/aromatic N) is 2. The number of hydrogen-bond acceptors (Lipinski definition) is 3. The van der Waals surface area contributed by atoms with Gasteiger partial charge in [-0.05, 0) is 37.5 Å². The molecule has 0 saturated carbocycles. The molecule has 144 valence electrons. The van der Waals surface area contributed by atoms with E-state index in [1.165, 1.54) is 0 Å². The Kier molecular flexibility index (Phi) is 5.97. The zero-order chi connectivity index (χ0) is 19.4. The molecule has 6 heteroatoms. The number of benzene rings is 2. The molecule has 27 heavy (non-hydrogen) atoms. The molecule has 2 atom stereocenters. The third kappa shape index (κ3) is 4.57. The van der Waals surface area contributed by atoms with Crippen LogP contribution in [-0.4, -0.2) is 37.9 Å². The van der Waals surface area contributed by atoms with Crippen molar-refractivity contribution in [3.63, 3.8) is 0 Å². The molecule has 1 fully saturated rings. The van der Waals surface area contributed by atoms with E-state index in [9.17, 15) is 13.5 Å². The summed E-state index contributed by atoms with van der Waals surface area (Å²) in [6.07, 6.45) is 1.77. The molecular weight excluding hydrogens is 360 g/mol. The van der Waals surface area contributed by atoms with Crippen LogP contribution in [0.4, 0.5) is 0 Å². The molecule has 3 rings (SSSR count). The van der Waals surface area contributed by atoms with Gasteiger partial charge in [-0.2, -0.15) is 8.42 Å². The molecule has 1 aliphatic heterocycles. The monoisotopic (exact) mass is 386 g/mol. The average molecular weight is 387 g/mol. The quantitative estimate of drug-likeness (QED) is 0.872. The van der Waals surface area contributed by atoms with E-state index in [0.29, 0.717) is 12.3 Å². The van der Waals surface area contributed by atoms with Gasteiger partial charge in [0.05, 0.1) is 11.0 Å². The van der Waals surface area contributed by atoms with Gasteiger partial charge in [-0.1, -0.05) is 54.4 Å². The topological polar surface area (TPSA) is 70.0 Å². The normalized spacial score (nSPS) is 21.1. The minimum Gasteiger partial charge on any atom is -0.388 e. The van der Waals surface area contributed by atoms with E-state index < -0.39 is 16.1 Å². The van der Waals surface area contributed by atoms with E-state index in [4.69, 9.17) is 0 Å². The Labute approximate surface area is 161 Å². The summed E-state index contributed by atoms with van der Waals surface area (Å²) in [4.78, 5) is 2.04. The Morgan fingerprint density at radius 1 is 1.07 bits per heavy atom. The molecule has 1 aliphatic rings. The van der Waals surface area contributed by atoms with Crippen LogP contribution < -0.4 is 0 Å². The standard InChI is InChI=1S/C21H26N2O3S/c1-16-11-13-18(14-12-16)27(25,26)22-21-19(10-6-7-15-23(21)2)20(24)17-8-4-3-5-9-17/h3-5,8-9,11-14,19-20,24H,6-7,10,15H2,1-2H3/b22-21-/t19-,20-/m0/s1. The largest absolute Gasteiger partial charge is 0.388 e. The van der Waals surface area contributed by atoms with Gasteiger partial charge < -0.3 is 10.0 Å². The van der Waals surface area contributed by atoms with Crippen molar-refractivity contribution in [2.24, 2.45) is 10.3 Å². The number of aryl methyl sites for hydroxylation is 1. The van der Waals surface area contributed by atoms with Gasteiger partial charge in [0.15, 0.2) is 0 Å². The lowest BCUT2D eigenvalue weighted by Gasteiger charge is -2.28. The fourth-order valence-corrected chi connectivity index (χ4v) is 4.55. The number of hydrogen-bond donors (Lipinski definition) is 1. The minimum absolute atomic E-state index is 0.172. The van der Waals surface area contributed by atoms with Gasteiger partial charge in [-0.25, -0.2) is 0 Å². The molecular formula is C21H26N2O3S. The fraction of sp³-hybridized carbons (Fsp3) is 0.381. The summed E-state index contributed by atoms with van der Waals surface area (Å²) >= 11 is 0. The van der Waals surface area contributed by atoms with E-state index >= 15 is 0 Å². The van der Waals surface area contributed by atoms with Crippen LogP contribution in [-0.2, 0) is 10.0 Å². The minimum atomic E-state index is -3.84. The van der Waals surface area contributed by atoms with Gasteiger partial charge in [0.2, 0.25) is 0 Å². The SMILES string of the molecule is Cc1ccc(S(=O)(=O)/N=C2/[C@H]([C@@H](O)c3ccccc3)CCCCN2C)cc1. The van der Waals surface area contributed by atoms with Crippen molar-refractivity contribution in [1.29, 1.82) is 0 Å². The van der Waals surface area contributed by atoms with Crippen LogP contribution in [0.15, 0.2) is 63.9 Å². The van der Waals surface area contributed by atoms with E-state index in [2.05, 4.69) is 4.40 Å². The molecule has 1 heterocycles. The second-order valence-corrected chi connectivity index (χ2v) is 8.72. The van der Waals surface area contributed by atoms with Crippen LogP contribution in [0.5, 0.6) is 0 Å². The molecule has 2 aromatic carbocycles. The van der Waals surface area contributed by atoms with E-state index in [1.807, 2.05) is 49.2 Å². The van der Waals surface area contributed by atoms with Crippen LogP contribution in [0, 0.1) is 12.8 Å². The maximum Gasteiger partial charge on any atom is 0.283 e. The molecule has 0 spiro atoms. The summed E-state index contributed by atoms with van der Waals surface area (Å²) in [6.45, 7) is 2.63. The third-order valence-electron chi connectivity index (χ3n) is 5.04. The molecule has 0 aliphatic carbocycles. The maximum absolute atomic E-state index is 12.9. The van der Waals surface area contributed by atoms with Crippen LogP contribution in [0.2, 0.25) is 0 Å². The van der Waals surface area contributed by atoms with Crippen molar-refractivity contribution >= 4 is 15.9 Å². The summed E-state index contributed by atoms with van der Waals surface area (Å²) in [5.74, 6) is 0.0737. The predicted molar refractivity (Wildman–Crippen MR) is 107 cm³/mol. The van der Waals surface area contributed by atoms with Crippen molar-refractivity contribution < 1.29 is 13.5 Å². The summed E-state index contributed by atoms with van der Waals surface area (Å²) in [6, 6.07) is 16.1. The van der Waals surface area contributed by atoms with E-state index in [-0.39, 0.29) is 10.8 Å². The van der Waals surface area contributed by atoms with Crippen LogP contribution >= 0.6 is 0 Å². The van der Waals surface area contributed by atoms with Gasteiger partial charge in [-0.3, -0.25) is 0 Å². The molecule has 0 bridgehead atoms. The lowest BCUT2D eigenvalue weighted by molar-refractivity contribution is 0.132. The lowest BCUT2D eigenvalue weighted by atomic mass is 9.91. The Morgan fingerprint density at radius 2 is 1.74 bits per heavy atom. The Hall–Kier alpha value is -2.18. The molecule has 0 radical (unpaired) electrons. The van der Waals surface area contributed by atoms with Crippen LogP contribution in [0.1, 0.15) is 36.5 Å². The molecule has 0 aromatic heterocycles. The highest BCUT2D eigenvalue weighted by molar-refractivity contribution is 7.90. The number of sulfonamides is 1. The first-order valence-electron chi connectivity index (χ1n) is 9.24. The van der Waals surface area contributed by atoms with Crippen molar-refractivity contribution in [1.82, 2.24) is 4.90 Å². The van der Waals surface area contributed by atoms with Gasteiger partial charge in [0.1, 0.15) is 5.84 Å². The predicted octanol–water partition coefficient (Wildman–Crippen LogP) is 3.55. The van der Waals surface area contributed by atoms with Crippen molar-refractivity contribution in [3.05, 3.63) is 65.7 Å². The van der Waals surface area contributed by atoms with Crippen molar-refractivity contribution in [2.75, 3.05) is 13.6 Å². The number of rotatable bonds is 4. The molecule has 0 amide bonds. The van der Waals surface area contributed by atoms with Crippen molar-refractivity contribution in [3.8, 4) is 0 Å². The maximum atomic E-state index is 12.9. The van der Waals surface area contributed by atoms with E-state index in [1.54, 1.807) is 24.3 Å². The number of likely N-dealkylation sites (tertiary alicyclic amines) is 1. The summed E-state index contributed by atoms with van der Waals surface area (Å²) in [5.41, 5.74) is 1.77. The van der Waals surface area contributed by atoms with Crippen LogP contribution in [0.25, 0.3) is 0 Å². The molecule has 5 nitrogen and oxygen atoms in total. The van der Waals surface area contributed by atoms with Gasteiger partial charge >= 0.3 is 0 Å². The van der Waals surface area contributed by atoms with Gasteiger partial charge in [-0.15, -0.1) is 4.40 Å². The second-order valence-electron chi connectivity index (χ2n) is 7.12. The van der Waals surface area contributed by atoms with E-state index in [0.717, 1.165) is 30.5 Å². The Bertz CT molecular complexity index is 893. The highest BCUT2D eigenvalue weighted by Gasteiger charge is 2.32. The lowest BCUT2D eigenvalue weighted by Crippen LogP contribution is -2.35. The summed E-state index contributed by atoms with van der Waals surface area (Å²) in [5, 5.41) is 11.0. The van der Waals surface area contributed by atoms with Crippen molar-refractivity contribution in [2.45, 2.75) is 37.2 Å². The Morgan fingerprint density at radius 3 is 2.41 bits per heavy atom. The summed E-state index contributed by atoms with van der Waals surface area (Å²) < 4.78 is 29.9. The number of aliphatic hydroxyl groups excluding tert-OH is 1. The van der Waals surface area contributed by atoms with Gasteiger partial charge in [0, 0.05) is 19.5 Å². The Balaban J connectivity index is 2.01. The molecule has 1 N–H and O–H groups in total. The fourth-order valence-electron chi connectivity index (χ4n) is 3.45.